The topological polar surface area (TPSA) is 25.1 Å². The second kappa shape index (κ2) is 20.5. The van der Waals surface area contributed by atoms with Gasteiger partial charge < -0.3 is 9.47 Å². The second-order valence-electron chi connectivity index (χ2n) is 10.6. The third kappa shape index (κ3) is 20.3. The molecule has 0 aromatic carbocycles. The molecular formula is C29H56O2. The molecule has 0 aliphatic carbocycles. The van der Waals surface area contributed by atoms with Gasteiger partial charge in [-0.3, -0.25) is 0 Å². The summed E-state index contributed by atoms with van der Waals surface area (Å²) in [6.07, 6.45) is 37.6. The van der Waals surface area contributed by atoms with Crippen LogP contribution >= 0.6 is 0 Å². The van der Waals surface area contributed by atoms with Gasteiger partial charge in [0.2, 0.25) is 0 Å². The zero-order chi connectivity index (χ0) is 21.7. The van der Waals surface area contributed by atoms with Crippen LogP contribution in [-0.2, 0) is 9.47 Å². The maximum absolute atomic E-state index is 5.26. The number of hydrogen-bond donors (Lipinski definition) is 0. The fourth-order valence-electron chi connectivity index (χ4n) is 4.93. The van der Waals surface area contributed by atoms with Crippen molar-refractivity contribution < 1.29 is 9.47 Å². The van der Waals surface area contributed by atoms with Crippen LogP contribution in [-0.4, -0.2) is 25.4 Å². The molecule has 184 valence electrons. The van der Waals surface area contributed by atoms with Gasteiger partial charge in [0, 0.05) is 0 Å². The van der Waals surface area contributed by atoms with Crippen LogP contribution in [0.3, 0.4) is 0 Å². The average Bonchev–Trinajstić information content (AvgIpc) is 3.69. The first kappa shape index (κ1) is 27.2. The monoisotopic (exact) mass is 436 g/mol. The number of unbranched alkanes of at least 4 members (excludes halogenated alkanes) is 22. The molecule has 0 bridgehead atoms. The summed E-state index contributed by atoms with van der Waals surface area (Å²) < 4.78 is 10.5. The van der Waals surface area contributed by atoms with Crippen LogP contribution in [0.1, 0.15) is 161 Å². The molecule has 2 unspecified atom stereocenters. The number of hydrogen-bond acceptors (Lipinski definition) is 2. The van der Waals surface area contributed by atoms with Crippen molar-refractivity contribution in [3.63, 3.8) is 0 Å². The molecule has 2 rings (SSSR count). The van der Waals surface area contributed by atoms with E-state index in [1.807, 2.05) is 0 Å². The Labute approximate surface area is 195 Å². The Morgan fingerprint density at radius 1 is 0.290 bits per heavy atom. The molecular weight excluding hydrogens is 380 g/mol. The van der Waals surface area contributed by atoms with Crippen molar-refractivity contribution in [3.8, 4) is 0 Å². The normalized spacial score (nSPS) is 19.7. The van der Waals surface area contributed by atoms with Gasteiger partial charge in [0.15, 0.2) is 0 Å². The molecule has 0 amide bonds. The second-order valence-corrected chi connectivity index (χ2v) is 10.6. The molecule has 2 atom stereocenters. The first-order chi connectivity index (χ1) is 15.4. The lowest BCUT2D eigenvalue weighted by molar-refractivity contribution is 0.387. The van der Waals surface area contributed by atoms with Gasteiger partial charge in [-0.25, -0.2) is 0 Å². The summed E-state index contributed by atoms with van der Waals surface area (Å²) >= 11 is 0. The van der Waals surface area contributed by atoms with Gasteiger partial charge in [-0.15, -0.1) is 0 Å². The molecule has 2 saturated heterocycles. The summed E-state index contributed by atoms with van der Waals surface area (Å²) in [4.78, 5) is 0. The van der Waals surface area contributed by atoms with Crippen molar-refractivity contribution in [2.45, 2.75) is 173 Å². The summed E-state index contributed by atoms with van der Waals surface area (Å²) in [5.41, 5.74) is 0. The van der Waals surface area contributed by atoms with E-state index in [0.29, 0.717) is 12.2 Å². The van der Waals surface area contributed by atoms with Gasteiger partial charge in [0.1, 0.15) is 0 Å². The lowest BCUT2D eigenvalue weighted by atomic mass is 10.0. The highest BCUT2D eigenvalue weighted by atomic mass is 16.6. The van der Waals surface area contributed by atoms with Crippen molar-refractivity contribution in [3.05, 3.63) is 0 Å². The standard InChI is InChI=1S/C29H56O2/c1(2-4-6-8-10-12-14-16-18-20-22-24-28-26-30-28)3-5-7-9-11-13-15-17-19-21-23-25-29-27-31-29/h28-29H,1-27H2. The Balaban J connectivity index is 1.12. The predicted octanol–water partition coefficient (Wildman–Crippen LogP) is 9.54. The van der Waals surface area contributed by atoms with E-state index in [4.69, 9.17) is 9.47 Å². The minimum absolute atomic E-state index is 0.646. The van der Waals surface area contributed by atoms with E-state index in [-0.39, 0.29) is 0 Å². The van der Waals surface area contributed by atoms with Gasteiger partial charge in [0.25, 0.3) is 0 Å². The molecule has 0 N–H and O–H groups in total. The number of epoxide rings is 2. The molecule has 2 nitrogen and oxygen atoms in total. The van der Waals surface area contributed by atoms with Crippen LogP contribution in [0.4, 0.5) is 0 Å². The maximum atomic E-state index is 5.26. The molecule has 2 heteroatoms. The Morgan fingerprint density at radius 3 is 0.613 bits per heavy atom. The van der Waals surface area contributed by atoms with Crippen molar-refractivity contribution in [1.82, 2.24) is 0 Å². The van der Waals surface area contributed by atoms with Crippen molar-refractivity contribution in [1.29, 1.82) is 0 Å². The molecule has 0 spiro atoms. The molecule has 0 aromatic rings. The molecule has 31 heavy (non-hydrogen) atoms. The highest BCUT2D eigenvalue weighted by Gasteiger charge is 2.21. The predicted molar refractivity (Wildman–Crippen MR) is 135 cm³/mol. The fourth-order valence-corrected chi connectivity index (χ4v) is 4.93. The van der Waals surface area contributed by atoms with E-state index >= 15 is 0 Å². The summed E-state index contributed by atoms with van der Waals surface area (Å²) in [6, 6.07) is 0. The Morgan fingerprint density at radius 2 is 0.452 bits per heavy atom. The van der Waals surface area contributed by atoms with Crippen LogP contribution in [0.15, 0.2) is 0 Å². The Kier molecular flexibility index (Phi) is 18.0. The van der Waals surface area contributed by atoms with E-state index in [9.17, 15) is 0 Å². The minimum Gasteiger partial charge on any atom is -0.373 e. The fraction of sp³-hybridized carbons (Fsp3) is 1.00. The van der Waals surface area contributed by atoms with E-state index in [0.717, 1.165) is 13.2 Å². The largest absolute Gasteiger partial charge is 0.373 e. The molecule has 2 aliphatic rings. The Bertz CT molecular complexity index is 328. The van der Waals surface area contributed by atoms with Gasteiger partial charge in [0.05, 0.1) is 25.4 Å². The zero-order valence-electron chi connectivity index (χ0n) is 21.1. The molecule has 0 aromatic heterocycles. The summed E-state index contributed by atoms with van der Waals surface area (Å²) in [7, 11) is 0. The quantitative estimate of drug-likeness (QED) is 0.0995. The first-order valence-electron chi connectivity index (χ1n) is 14.7. The van der Waals surface area contributed by atoms with Crippen LogP contribution in [0.25, 0.3) is 0 Å². The molecule has 0 radical (unpaired) electrons. The third-order valence-electron chi connectivity index (χ3n) is 7.36. The van der Waals surface area contributed by atoms with Gasteiger partial charge in [-0.2, -0.15) is 0 Å². The average molecular weight is 437 g/mol. The summed E-state index contributed by atoms with van der Waals surface area (Å²) in [6.45, 7) is 2.08. The minimum atomic E-state index is 0.646. The molecule has 0 saturated carbocycles. The lowest BCUT2D eigenvalue weighted by Gasteiger charge is -2.04. The van der Waals surface area contributed by atoms with E-state index < -0.39 is 0 Å². The number of rotatable bonds is 26. The zero-order valence-corrected chi connectivity index (χ0v) is 21.1. The number of ether oxygens (including phenoxy) is 2. The van der Waals surface area contributed by atoms with Crippen molar-refractivity contribution in [2.24, 2.45) is 0 Å². The maximum Gasteiger partial charge on any atom is 0.0810 e. The molecule has 2 aliphatic heterocycles. The van der Waals surface area contributed by atoms with Crippen molar-refractivity contribution in [2.75, 3.05) is 13.2 Å². The van der Waals surface area contributed by atoms with E-state index in [1.54, 1.807) is 0 Å². The summed E-state index contributed by atoms with van der Waals surface area (Å²) in [5, 5.41) is 0. The summed E-state index contributed by atoms with van der Waals surface area (Å²) in [5.74, 6) is 0. The Hall–Kier alpha value is -0.0800. The molecule has 2 heterocycles. The van der Waals surface area contributed by atoms with Crippen LogP contribution in [0.2, 0.25) is 0 Å². The molecule has 2 fully saturated rings. The van der Waals surface area contributed by atoms with Crippen LogP contribution in [0.5, 0.6) is 0 Å². The first-order valence-corrected chi connectivity index (χ1v) is 14.7. The van der Waals surface area contributed by atoms with Gasteiger partial charge >= 0.3 is 0 Å². The van der Waals surface area contributed by atoms with Crippen LogP contribution in [0, 0.1) is 0 Å². The van der Waals surface area contributed by atoms with Gasteiger partial charge in [-0.1, -0.05) is 148 Å². The van der Waals surface area contributed by atoms with E-state index in [2.05, 4.69) is 0 Å². The SMILES string of the molecule is C(CCCCCCCCCCCCC1CO1)CCCCCCCCCCCCC1CO1. The third-order valence-corrected chi connectivity index (χ3v) is 7.36. The van der Waals surface area contributed by atoms with Gasteiger partial charge in [-0.05, 0) is 12.8 Å². The lowest BCUT2D eigenvalue weighted by Crippen LogP contribution is -1.86. The van der Waals surface area contributed by atoms with E-state index in [1.165, 1.54) is 161 Å². The highest BCUT2D eigenvalue weighted by Crippen LogP contribution is 2.20. The van der Waals surface area contributed by atoms with Crippen LogP contribution < -0.4 is 0 Å². The highest BCUT2D eigenvalue weighted by molar-refractivity contribution is 4.68. The smallest absolute Gasteiger partial charge is 0.0810 e. The van der Waals surface area contributed by atoms with Crippen molar-refractivity contribution >= 4 is 0 Å².